The molecule has 0 heterocycles. The fourth-order valence-corrected chi connectivity index (χ4v) is 2.12. The van der Waals surface area contributed by atoms with Crippen LogP contribution in [0.1, 0.15) is 23.1 Å². The number of likely N-dealkylation sites (N-methyl/N-ethyl adjacent to an activating group) is 1. The van der Waals surface area contributed by atoms with Gasteiger partial charge in [-0.2, -0.15) is 0 Å². The molecule has 1 N–H and O–H groups in total. The van der Waals surface area contributed by atoms with Gasteiger partial charge in [-0.05, 0) is 56.0 Å². The monoisotopic (exact) mass is 193 g/mol. The van der Waals surface area contributed by atoms with Crippen molar-refractivity contribution < 1.29 is 4.39 Å². The first-order valence-corrected chi connectivity index (χ1v) is 5.26. The van der Waals surface area contributed by atoms with Gasteiger partial charge in [0.25, 0.3) is 0 Å². The number of fused-ring (bicyclic) bond motifs is 1. The van der Waals surface area contributed by atoms with Crippen molar-refractivity contribution in [3.63, 3.8) is 0 Å². The zero-order valence-electron chi connectivity index (χ0n) is 8.57. The van der Waals surface area contributed by atoms with Gasteiger partial charge >= 0.3 is 0 Å². The fraction of sp³-hybridized carbons (Fsp3) is 0.500. The quantitative estimate of drug-likeness (QED) is 0.775. The van der Waals surface area contributed by atoms with Crippen molar-refractivity contribution in [2.24, 2.45) is 0 Å². The van der Waals surface area contributed by atoms with Crippen molar-refractivity contribution in [3.8, 4) is 0 Å². The average Bonchev–Trinajstić information content (AvgIpc) is 2.66. The van der Waals surface area contributed by atoms with E-state index in [0.717, 1.165) is 43.4 Å². The van der Waals surface area contributed by atoms with E-state index in [-0.39, 0.29) is 5.82 Å². The second-order valence-electron chi connectivity index (χ2n) is 3.88. The van der Waals surface area contributed by atoms with Crippen LogP contribution in [0.25, 0.3) is 0 Å². The molecule has 2 heteroatoms. The molecule has 0 amide bonds. The van der Waals surface area contributed by atoms with Crippen LogP contribution in [0.3, 0.4) is 0 Å². The highest BCUT2D eigenvalue weighted by Crippen LogP contribution is 2.26. The minimum Gasteiger partial charge on any atom is -0.319 e. The Morgan fingerprint density at radius 3 is 3.00 bits per heavy atom. The highest BCUT2D eigenvalue weighted by Gasteiger charge is 2.17. The topological polar surface area (TPSA) is 12.0 Å². The van der Waals surface area contributed by atoms with Gasteiger partial charge < -0.3 is 5.32 Å². The maximum absolute atomic E-state index is 13.9. The van der Waals surface area contributed by atoms with Crippen LogP contribution in [0.5, 0.6) is 0 Å². The van der Waals surface area contributed by atoms with Crippen LogP contribution in [0.15, 0.2) is 12.1 Å². The zero-order chi connectivity index (χ0) is 9.97. The summed E-state index contributed by atoms with van der Waals surface area (Å²) >= 11 is 0. The van der Waals surface area contributed by atoms with Crippen LogP contribution >= 0.6 is 0 Å². The first-order chi connectivity index (χ1) is 6.83. The van der Waals surface area contributed by atoms with Crippen molar-refractivity contribution in [2.75, 3.05) is 13.6 Å². The predicted octanol–water partition coefficient (Wildman–Crippen LogP) is 2.08. The van der Waals surface area contributed by atoms with Gasteiger partial charge in [-0.15, -0.1) is 0 Å². The molecule has 0 fully saturated rings. The van der Waals surface area contributed by atoms with Crippen LogP contribution in [0, 0.1) is 5.82 Å². The van der Waals surface area contributed by atoms with Crippen LogP contribution < -0.4 is 5.32 Å². The molecule has 1 nitrogen and oxygen atoms in total. The maximum Gasteiger partial charge on any atom is 0.129 e. The molecule has 0 saturated carbocycles. The Morgan fingerprint density at radius 1 is 1.36 bits per heavy atom. The van der Waals surface area contributed by atoms with Gasteiger partial charge in [0.15, 0.2) is 0 Å². The zero-order valence-corrected chi connectivity index (χ0v) is 8.57. The van der Waals surface area contributed by atoms with Crippen molar-refractivity contribution >= 4 is 0 Å². The molecule has 0 saturated heterocycles. The van der Waals surface area contributed by atoms with Crippen LogP contribution in [-0.4, -0.2) is 13.6 Å². The summed E-state index contributed by atoms with van der Waals surface area (Å²) in [7, 11) is 1.89. The van der Waals surface area contributed by atoms with Crippen molar-refractivity contribution in [2.45, 2.75) is 25.7 Å². The van der Waals surface area contributed by atoms with E-state index in [1.807, 2.05) is 13.1 Å². The van der Waals surface area contributed by atoms with Crippen molar-refractivity contribution in [3.05, 3.63) is 34.6 Å². The lowest BCUT2D eigenvalue weighted by atomic mass is 10.0. The van der Waals surface area contributed by atoms with Crippen LogP contribution in [0.4, 0.5) is 4.39 Å². The minimum absolute atomic E-state index is 0.0512. The normalized spacial score (nSPS) is 14.4. The number of hydrogen-bond donors (Lipinski definition) is 1. The Bertz CT molecular complexity index is 333. The number of aryl methyl sites for hydroxylation is 1. The van der Waals surface area contributed by atoms with E-state index in [0.29, 0.717) is 0 Å². The van der Waals surface area contributed by atoms with E-state index in [1.165, 1.54) is 5.56 Å². The Morgan fingerprint density at radius 2 is 2.21 bits per heavy atom. The van der Waals surface area contributed by atoms with Gasteiger partial charge in [-0.3, -0.25) is 0 Å². The third-order valence-electron chi connectivity index (χ3n) is 2.94. The smallest absolute Gasteiger partial charge is 0.129 e. The largest absolute Gasteiger partial charge is 0.319 e. The lowest BCUT2D eigenvalue weighted by Crippen LogP contribution is -2.11. The Balaban J connectivity index is 2.26. The molecule has 1 aliphatic carbocycles. The van der Waals surface area contributed by atoms with Crippen molar-refractivity contribution in [1.29, 1.82) is 0 Å². The summed E-state index contributed by atoms with van der Waals surface area (Å²) < 4.78 is 13.9. The Kier molecular flexibility index (Phi) is 2.82. The number of halogens is 1. The lowest BCUT2D eigenvalue weighted by molar-refractivity contribution is 0.591. The third-order valence-corrected chi connectivity index (χ3v) is 2.94. The lowest BCUT2D eigenvalue weighted by Gasteiger charge is -2.07. The Labute approximate surface area is 84.3 Å². The van der Waals surface area contributed by atoms with Gasteiger partial charge in [0.2, 0.25) is 0 Å². The number of nitrogens with one attached hydrogen (secondary N) is 1. The standard InChI is InChI=1S/C12H16FN/c1-14-8-7-10-6-5-9-3-2-4-11(9)12(10)13/h5-6,14H,2-4,7-8H2,1H3. The molecule has 2 rings (SSSR count). The number of rotatable bonds is 3. The van der Waals surface area contributed by atoms with E-state index >= 15 is 0 Å². The Hall–Kier alpha value is -0.890. The van der Waals surface area contributed by atoms with Gasteiger partial charge in [0, 0.05) is 0 Å². The number of benzene rings is 1. The van der Waals surface area contributed by atoms with Gasteiger partial charge in [0.1, 0.15) is 5.82 Å². The van der Waals surface area contributed by atoms with E-state index in [4.69, 9.17) is 0 Å². The number of hydrogen-bond acceptors (Lipinski definition) is 1. The van der Waals surface area contributed by atoms with E-state index in [1.54, 1.807) is 0 Å². The molecule has 1 aromatic carbocycles. The molecule has 0 spiro atoms. The first-order valence-electron chi connectivity index (χ1n) is 5.26. The van der Waals surface area contributed by atoms with Gasteiger partial charge in [0.05, 0.1) is 0 Å². The summed E-state index contributed by atoms with van der Waals surface area (Å²) in [5, 5.41) is 3.04. The SMILES string of the molecule is CNCCc1ccc2c(c1F)CCC2. The van der Waals surface area contributed by atoms with Crippen LogP contribution in [0.2, 0.25) is 0 Å². The summed E-state index contributed by atoms with van der Waals surface area (Å²) in [5.41, 5.74) is 3.05. The summed E-state index contributed by atoms with van der Waals surface area (Å²) in [4.78, 5) is 0. The summed E-state index contributed by atoms with van der Waals surface area (Å²) in [6, 6.07) is 4.03. The highest BCUT2D eigenvalue weighted by molar-refractivity contribution is 5.37. The summed E-state index contributed by atoms with van der Waals surface area (Å²) in [6.07, 6.45) is 3.88. The molecule has 0 aromatic heterocycles. The summed E-state index contributed by atoms with van der Waals surface area (Å²) in [5.74, 6) is 0.0512. The second kappa shape index (κ2) is 4.09. The molecule has 0 bridgehead atoms. The molecule has 0 unspecified atom stereocenters. The van der Waals surface area contributed by atoms with Crippen LogP contribution in [-0.2, 0) is 19.3 Å². The molecule has 76 valence electrons. The van der Waals surface area contributed by atoms with Crippen molar-refractivity contribution in [1.82, 2.24) is 5.32 Å². The molecular weight excluding hydrogens is 177 g/mol. The average molecular weight is 193 g/mol. The van der Waals surface area contributed by atoms with E-state index in [9.17, 15) is 4.39 Å². The maximum atomic E-state index is 13.9. The molecule has 14 heavy (non-hydrogen) atoms. The highest BCUT2D eigenvalue weighted by atomic mass is 19.1. The fourth-order valence-electron chi connectivity index (χ4n) is 2.12. The third kappa shape index (κ3) is 1.67. The molecule has 0 radical (unpaired) electrons. The second-order valence-corrected chi connectivity index (χ2v) is 3.88. The predicted molar refractivity (Wildman–Crippen MR) is 56.1 cm³/mol. The van der Waals surface area contributed by atoms with Gasteiger partial charge in [-0.25, -0.2) is 4.39 Å². The molecule has 0 atom stereocenters. The molecule has 1 aromatic rings. The molecular formula is C12H16FN. The first kappa shape index (κ1) is 9.66. The summed E-state index contributed by atoms with van der Waals surface area (Å²) in [6.45, 7) is 0.843. The van der Waals surface area contributed by atoms with E-state index < -0.39 is 0 Å². The van der Waals surface area contributed by atoms with E-state index in [2.05, 4.69) is 11.4 Å². The minimum atomic E-state index is 0.0512. The molecule has 1 aliphatic rings. The van der Waals surface area contributed by atoms with Gasteiger partial charge in [-0.1, -0.05) is 12.1 Å². The molecule has 0 aliphatic heterocycles.